The van der Waals surface area contributed by atoms with Gasteiger partial charge in [-0.2, -0.15) is 0 Å². The Balaban J connectivity index is 3.32. The monoisotopic (exact) mass is 160 g/mol. The second-order valence-corrected chi connectivity index (χ2v) is 3.24. The van der Waals surface area contributed by atoms with Crippen LogP contribution in [0.2, 0.25) is 0 Å². The van der Waals surface area contributed by atoms with Crippen LogP contribution in [0, 0.1) is 5.92 Å². The lowest BCUT2D eigenvalue weighted by Gasteiger charge is -2.14. The van der Waals surface area contributed by atoms with Crippen LogP contribution in [0.5, 0.6) is 0 Å². The third kappa shape index (κ3) is 6.32. The highest BCUT2D eigenvalue weighted by molar-refractivity contribution is 4.60. The predicted molar refractivity (Wildman–Crippen MR) is 46.6 cm³/mol. The van der Waals surface area contributed by atoms with E-state index in [0.717, 1.165) is 25.9 Å². The van der Waals surface area contributed by atoms with Gasteiger partial charge >= 0.3 is 0 Å². The molecule has 0 saturated heterocycles. The molecule has 2 nitrogen and oxygen atoms in total. The smallest absolute Gasteiger partial charge is 0.0543 e. The third-order valence-corrected chi connectivity index (χ3v) is 1.75. The first-order valence-corrected chi connectivity index (χ1v) is 4.37. The zero-order chi connectivity index (χ0) is 8.69. The van der Waals surface area contributed by atoms with E-state index >= 15 is 0 Å². The van der Waals surface area contributed by atoms with Crippen molar-refractivity contribution in [1.29, 1.82) is 0 Å². The zero-order valence-electron chi connectivity index (χ0n) is 7.84. The number of hydrogen-bond acceptors (Lipinski definition) is 2. The summed E-state index contributed by atoms with van der Waals surface area (Å²) in [6, 6.07) is 0. The van der Waals surface area contributed by atoms with Crippen molar-refractivity contribution < 1.29 is 9.84 Å². The summed E-state index contributed by atoms with van der Waals surface area (Å²) in [6.07, 6.45) is 2.70. The molecular formula is C9H20O2. The van der Waals surface area contributed by atoms with Crippen molar-refractivity contribution in [3.8, 4) is 0 Å². The minimum atomic E-state index is -0.134. The maximum Gasteiger partial charge on any atom is 0.0543 e. The van der Waals surface area contributed by atoms with Gasteiger partial charge in [0, 0.05) is 13.7 Å². The van der Waals surface area contributed by atoms with Crippen LogP contribution in [0.25, 0.3) is 0 Å². The summed E-state index contributed by atoms with van der Waals surface area (Å²) in [4.78, 5) is 0. The Hall–Kier alpha value is -0.0800. The molecule has 0 saturated carbocycles. The Kier molecular flexibility index (Phi) is 6.57. The van der Waals surface area contributed by atoms with Gasteiger partial charge in [0.25, 0.3) is 0 Å². The van der Waals surface area contributed by atoms with Gasteiger partial charge in [-0.15, -0.1) is 0 Å². The Morgan fingerprint density at radius 3 is 2.55 bits per heavy atom. The van der Waals surface area contributed by atoms with Gasteiger partial charge in [-0.05, 0) is 18.8 Å². The van der Waals surface area contributed by atoms with E-state index in [1.54, 1.807) is 7.11 Å². The van der Waals surface area contributed by atoms with Gasteiger partial charge in [-0.3, -0.25) is 0 Å². The number of aliphatic hydroxyl groups is 1. The van der Waals surface area contributed by atoms with Crippen molar-refractivity contribution in [1.82, 2.24) is 0 Å². The average molecular weight is 160 g/mol. The molecule has 0 radical (unpaired) electrons. The SMILES string of the molecule is CCCC(O)CC(C)COC. The van der Waals surface area contributed by atoms with Crippen LogP contribution in [0.3, 0.4) is 0 Å². The van der Waals surface area contributed by atoms with Crippen molar-refractivity contribution in [3.05, 3.63) is 0 Å². The molecular weight excluding hydrogens is 140 g/mol. The zero-order valence-corrected chi connectivity index (χ0v) is 7.84. The van der Waals surface area contributed by atoms with E-state index < -0.39 is 0 Å². The minimum Gasteiger partial charge on any atom is -0.393 e. The number of aliphatic hydroxyl groups excluding tert-OH is 1. The van der Waals surface area contributed by atoms with Crippen molar-refractivity contribution >= 4 is 0 Å². The second-order valence-electron chi connectivity index (χ2n) is 3.24. The molecule has 1 N–H and O–H groups in total. The number of ether oxygens (including phenoxy) is 1. The van der Waals surface area contributed by atoms with Crippen LogP contribution >= 0.6 is 0 Å². The third-order valence-electron chi connectivity index (χ3n) is 1.75. The molecule has 0 heterocycles. The largest absolute Gasteiger partial charge is 0.393 e. The first kappa shape index (κ1) is 10.9. The lowest BCUT2D eigenvalue weighted by molar-refractivity contribution is 0.0961. The first-order chi connectivity index (χ1) is 5.20. The maximum atomic E-state index is 9.39. The Morgan fingerprint density at radius 1 is 1.45 bits per heavy atom. The molecule has 11 heavy (non-hydrogen) atoms. The molecule has 0 aromatic carbocycles. The topological polar surface area (TPSA) is 29.5 Å². The molecule has 0 aromatic heterocycles. The lowest BCUT2D eigenvalue weighted by Crippen LogP contribution is -2.14. The number of rotatable bonds is 6. The molecule has 0 bridgehead atoms. The predicted octanol–water partition coefficient (Wildman–Crippen LogP) is 1.82. The minimum absolute atomic E-state index is 0.134. The van der Waals surface area contributed by atoms with Gasteiger partial charge in [0.05, 0.1) is 6.10 Å². The summed E-state index contributed by atoms with van der Waals surface area (Å²) in [5, 5.41) is 9.39. The van der Waals surface area contributed by atoms with E-state index in [2.05, 4.69) is 13.8 Å². The van der Waals surface area contributed by atoms with Crippen LogP contribution in [0.4, 0.5) is 0 Å². The Labute approximate surface area is 69.6 Å². The highest BCUT2D eigenvalue weighted by Crippen LogP contribution is 2.09. The standard InChI is InChI=1S/C9H20O2/c1-4-5-9(10)6-8(2)7-11-3/h8-10H,4-7H2,1-3H3. The van der Waals surface area contributed by atoms with Gasteiger partial charge < -0.3 is 9.84 Å². The summed E-state index contributed by atoms with van der Waals surface area (Å²) in [5.41, 5.74) is 0. The highest BCUT2D eigenvalue weighted by atomic mass is 16.5. The maximum absolute atomic E-state index is 9.39. The van der Waals surface area contributed by atoms with Crippen LogP contribution in [-0.4, -0.2) is 24.9 Å². The Morgan fingerprint density at radius 2 is 2.09 bits per heavy atom. The fourth-order valence-corrected chi connectivity index (χ4v) is 1.27. The molecule has 2 atom stereocenters. The fraction of sp³-hybridized carbons (Fsp3) is 1.00. The molecule has 2 heteroatoms. The fourth-order valence-electron chi connectivity index (χ4n) is 1.27. The molecule has 0 spiro atoms. The number of methoxy groups -OCH3 is 1. The van der Waals surface area contributed by atoms with E-state index in [1.165, 1.54) is 0 Å². The molecule has 0 aromatic rings. The van der Waals surface area contributed by atoms with Crippen molar-refractivity contribution in [2.75, 3.05) is 13.7 Å². The normalized spacial score (nSPS) is 16.4. The van der Waals surface area contributed by atoms with Gasteiger partial charge in [0.15, 0.2) is 0 Å². The summed E-state index contributed by atoms with van der Waals surface area (Å²) in [5.74, 6) is 0.474. The van der Waals surface area contributed by atoms with Crippen molar-refractivity contribution in [2.24, 2.45) is 5.92 Å². The van der Waals surface area contributed by atoms with Crippen molar-refractivity contribution in [3.63, 3.8) is 0 Å². The second kappa shape index (κ2) is 6.62. The molecule has 0 aliphatic rings. The lowest BCUT2D eigenvalue weighted by atomic mass is 10.0. The van der Waals surface area contributed by atoms with E-state index in [1.807, 2.05) is 0 Å². The molecule has 0 amide bonds. The summed E-state index contributed by atoms with van der Waals surface area (Å²) >= 11 is 0. The molecule has 2 unspecified atom stereocenters. The summed E-state index contributed by atoms with van der Waals surface area (Å²) in [6.45, 7) is 4.94. The molecule has 0 fully saturated rings. The summed E-state index contributed by atoms with van der Waals surface area (Å²) in [7, 11) is 1.70. The molecule has 0 rings (SSSR count). The van der Waals surface area contributed by atoms with Gasteiger partial charge in [-0.25, -0.2) is 0 Å². The number of hydrogen-bond donors (Lipinski definition) is 1. The van der Waals surface area contributed by atoms with Crippen LogP contribution < -0.4 is 0 Å². The van der Waals surface area contributed by atoms with E-state index in [9.17, 15) is 5.11 Å². The van der Waals surface area contributed by atoms with Crippen LogP contribution in [-0.2, 0) is 4.74 Å². The quantitative estimate of drug-likeness (QED) is 0.642. The van der Waals surface area contributed by atoms with E-state index in [-0.39, 0.29) is 6.10 Å². The first-order valence-electron chi connectivity index (χ1n) is 4.37. The van der Waals surface area contributed by atoms with E-state index in [4.69, 9.17) is 4.74 Å². The molecule has 0 aliphatic carbocycles. The average Bonchev–Trinajstić information content (AvgIpc) is 1.87. The highest BCUT2D eigenvalue weighted by Gasteiger charge is 2.08. The van der Waals surface area contributed by atoms with Crippen LogP contribution in [0.15, 0.2) is 0 Å². The van der Waals surface area contributed by atoms with Gasteiger partial charge in [-0.1, -0.05) is 20.3 Å². The van der Waals surface area contributed by atoms with Gasteiger partial charge in [0.1, 0.15) is 0 Å². The van der Waals surface area contributed by atoms with E-state index in [0.29, 0.717) is 5.92 Å². The van der Waals surface area contributed by atoms with Crippen LogP contribution in [0.1, 0.15) is 33.1 Å². The molecule has 68 valence electrons. The van der Waals surface area contributed by atoms with Gasteiger partial charge in [0.2, 0.25) is 0 Å². The van der Waals surface area contributed by atoms with Crippen molar-refractivity contribution in [2.45, 2.75) is 39.2 Å². The summed E-state index contributed by atoms with van der Waals surface area (Å²) < 4.78 is 4.97. The molecule has 0 aliphatic heterocycles. The Bertz CT molecular complexity index is 73.6.